The zero-order valence-corrected chi connectivity index (χ0v) is 11.8. The third-order valence-corrected chi connectivity index (χ3v) is 4.20. The maximum atomic E-state index is 12.0. The molecule has 0 aliphatic carbocycles. The van der Waals surface area contributed by atoms with E-state index in [-0.39, 0.29) is 4.90 Å². The topological polar surface area (TPSA) is 46.2 Å². The van der Waals surface area contributed by atoms with Crippen LogP contribution in [0.5, 0.6) is 0 Å². The van der Waals surface area contributed by atoms with Gasteiger partial charge in [0.25, 0.3) is 0 Å². The van der Waals surface area contributed by atoms with E-state index in [0.717, 1.165) is 12.0 Å². The summed E-state index contributed by atoms with van der Waals surface area (Å²) in [7, 11) is -3.54. The highest BCUT2D eigenvalue weighted by Gasteiger charge is 2.17. The van der Waals surface area contributed by atoms with Gasteiger partial charge in [-0.2, -0.15) is 4.72 Å². The van der Waals surface area contributed by atoms with Crippen LogP contribution in [0.4, 0.5) is 0 Å². The summed E-state index contributed by atoms with van der Waals surface area (Å²) in [6, 6.07) is 6.17. The van der Waals surface area contributed by atoms with Crippen molar-refractivity contribution in [3.8, 4) is 12.3 Å². The molecule has 1 aromatic rings. The molecule has 5 heteroatoms. The average Bonchev–Trinajstić information content (AvgIpc) is 2.37. The van der Waals surface area contributed by atoms with Gasteiger partial charge < -0.3 is 0 Å². The summed E-state index contributed by atoms with van der Waals surface area (Å²) in [5.74, 6) is 2.91. The summed E-state index contributed by atoms with van der Waals surface area (Å²) in [6.07, 6.45) is 6.52. The lowest BCUT2D eigenvalue weighted by Crippen LogP contribution is -2.33. The molecule has 1 aromatic carbocycles. The van der Waals surface area contributed by atoms with Crippen molar-refractivity contribution in [2.24, 2.45) is 0 Å². The maximum absolute atomic E-state index is 12.0. The summed E-state index contributed by atoms with van der Waals surface area (Å²) < 4.78 is 26.5. The highest BCUT2D eigenvalue weighted by molar-refractivity contribution is 7.89. The standard InChI is InChI=1S/C13H16ClNO2S/c1-3-12(4-2)15-18(16,17)13-7-5-11(6-8-13)9-10-14/h1,5-8,12,15H,4,9-10H2,2H3. The number of benzene rings is 1. The molecule has 0 saturated carbocycles. The number of hydrogen-bond donors (Lipinski definition) is 1. The fourth-order valence-corrected chi connectivity index (χ4v) is 2.89. The first-order valence-electron chi connectivity index (χ1n) is 5.67. The lowest BCUT2D eigenvalue weighted by atomic mass is 10.2. The molecule has 0 radical (unpaired) electrons. The van der Waals surface area contributed by atoms with Crippen molar-refractivity contribution < 1.29 is 8.42 Å². The Hall–Kier alpha value is -1.02. The van der Waals surface area contributed by atoms with Crippen LogP contribution in [0.1, 0.15) is 18.9 Å². The second kappa shape index (κ2) is 6.79. The van der Waals surface area contributed by atoms with Crippen LogP contribution in [-0.4, -0.2) is 20.3 Å². The average molecular weight is 286 g/mol. The van der Waals surface area contributed by atoms with Gasteiger partial charge in [-0.15, -0.1) is 18.0 Å². The summed E-state index contributed by atoms with van der Waals surface area (Å²) in [6.45, 7) is 1.83. The minimum atomic E-state index is -3.54. The molecule has 1 N–H and O–H groups in total. The predicted molar refractivity (Wildman–Crippen MR) is 74.1 cm³/mol. The van der Waals surface area contributed by atoms with Crippen molar-refractivity contribution >= 4 is 21.6 Å². The van der Waals surface area contributed by atoms with Crippen LogP contribution >= 0.6 is 11.6 Å². The third kappa shape index (κ3) is 4.02. The van der Waals surface area contributed by atoms with Gasteiger partial charge in [-0.25, -0.2) is 8.42 Å². The van der Waals surface area contributed by atoms with Crippen LogP contribution in [0.25, 0.3) is 0 Å². The Morgan fingerprint density at radius 2 is 2.00 bits per heavy atom. The normalized spacial score (nSPS) is 12.9. The quantitative estimate of drug-likeness (QED) is 0.643. The van der Waals surface area contributed by atoms with Crippen LogP contribution in [0, 0.1) is 12.3 Å². The van der Waals surface area contributed by atoms with Gasteiger partial charge in [-0.1, -0.05) is 25.0 Å². The Morgan fingerprint density at radius 3 is 2.44 bits per heavy atom. The second-order valence-electron chi connectivity index (χ2n) is 3.83. The SMILES string of the molecule is C#CC(CC)NS(=O)(=O)c1ccc(CCCl)cc1. The molecule has 98 valence electrons. The van der Waals surface area contributed by atoms with E-state index in [2.05, 4.69) is 10.6 Å². The fourth-order valence-electron chi connectivity index (χ4n) is 1.43. The second-order valence-corrected chi connectivity index (χ2v) is 5.92. The number of rotatable bonds is 6. The lowest BCUT2D eigenvalue weighted by molar-refractivity contribution is 0.570. The molecule has 1 rings (SSSR count). The molecule has 0 aliphatic heterocycles. The van der Waals surface area contributed by atoms with E-state index in [1.54, 1.807) is 24.3 Å². The van der Waals surface area contributed by atoms with E-state index in [4.69, 9.17) is 18.0 Å². The van der Waals surface area contributed by atoms with Gasteiger partial charge in [0.2, 0.25) is 10.0 Å². The molecule has 0 saturated heterocycles. The van der Waals surface area contributed by atoms with Crippen LogP contribution in [0.15, 0.2) is 29.2 Å². The molecular formula is C13H16ClNO2S. The number of halogens is 1. The largest absolute Gasteiger partial charge is 0.241 e. The van der Waals surface area contributed by atoms with Crippen molar-refractivity contribution in [1.29, 1.82) is 0 Å². The lowest BCUT2D eigenvalue weighted by Gasteiger charge is -2.11. The Labute approximate surface area is 114 Å². The molecule has 0 heterocycles. The molecular weight excluding hydrogens is 270 g/mol. The number of hydrogen-bond acceptors (Lipinski definition) is 2. The van der Waals surface area contributed by atoms with Crippen LogP contribution < -0.4 is 4.72 Å². The third-order valence-electron chi connectivity index (χ3n) is 2.52. The van der Waals surface area contributed by atoms with Gasteiger partial charge in [0.05, 0.1) is 10.9 Å². The van der Waals surface area contributed by atoms with Crippen molar-refractivity contribution in [2.75, 3.05) is 5.88 Å². The van der Waals surface area contributed by atoms with Crippen molar-refractivity contribution in [3.63, 3.8) is 0 Å². The van der Waals surface area contributed by atoms with Gasteiger partial charge in [-0.3, -0.25) is 0 Å². The van der Waals surface area contributed by atoms with E-state index >= 15 is 0 Å². The number of sulfonamides is 1. The van der Waals surface area contributed by atoms with Crippen LogP contribution in [-0.2, 0) is 16.4 Å². The van der Waals surface area contributed by atoms with Crippen molar-refractivity contribution in [1.82, 2.24) is 4.72 Å². The van der Waals surface area contributed by atoms with Crippen molar-refractivity contribution in [3.05, 3.63) is 29.8 Å². The summed E-state index contributed by atoms with van der Waals surface area (Å²) in [4.78, 5) is 0.217. The maximum Gasteiger partial charge on any atom is 0.241 e. The monoisotopic (exact) mass is 285 g/mol. The molecule has 0 amide bonds. The molecule has 0 spiro atoms. The van der Waals surface area contributed by atoms with Gasteiger partial charge in [0.15, 0.2) is 0 Å². The van der Waals surface area contributed by atoms with Crippen molar-refractivity contribution in [2.45, 2.75) is 30.7 Å². The number of alkyl halides is 1. The number of nitrogens with one attached hydrogen (secondary N) is 1. The molecule has 0 aliphatic rings. The molecule has 18 heavy (non-hydrogen) atoms. The first kappa shape index (κ1) is 15.0. The smallest absolute Gasteiger partial charge is 0.207 e. The van der Waals surface area contributed by atoms with E-state index in [1.807, 2.05) is 6.92 Å². The molecule has 1 unspecified atom stereocenters. The Kier molecular flexibility index (Phi) is 5.67. The van der Waals surface area contributed by atoms with Crippen LogP contribution in [0.2, 0.25) is 0 Å². The molecule has 1 atom stereocenters. The number of terminal acetylenes is 1. The molecule has 0 fully saturated rings. The Balaban J connectivity index is 2.89. The van der Waals surface area contributed by atoms with Gasteiger partial charge in [0, 0.05) is 5.88 Å². The highest BCUT2D eigenvalue weighted by Crippen LogP contribution is 2.12. The summed E-state index contributed by atoms with van der Waals surface area (Å²) in [5, 5.41) is 0. The van der Waals surface area contributed by atoms with E-state index in [9.17, 15) is 8.42 Å². The van der Waals surface area contributed by atoms with Crippen LogP contribution in [0.3, 0.4) is 0 Å². The first-order valence-corrected chi connectivity index (χ1v) is 7.68. The predicted octanol–water partition coefficient (Wildman–Crippen LogP) is 2.16. The van der Waals surface area contributed by atoms with Gasteiger partial charge in [0.1, 0.15) is 0 Å². The first-order chi connectivity index (χ1) is 8.53. The zero-order chi connectivity index (χ0) is 13.6. The minimum absolute atomic E-state index is 0.217. The zero-order valence-electron chi connectivity index (χ0n) is 10.2. The molecule has 0 bridgehead atoms. The Bertz CT molecular complexity index is 517. The van der Waals surface area contributed by atoms with Gasteiger partial charge in [-0.05, 0) is 30.5 Å². The highest BCUT2D eigenvalue weighted by atomic mass is 35.5. The minimum Gasteiger partial charge on any atom is -0.207 e. The van der Waals surface area contributed by atoms with Gasteiger partial charge >= 0.3 is 0 Å². The van der Waals surface area contributed by atoms with E-state index in [0.29, 0.717) is 12.3 Å². The molecule has 3 nitrogen and oxygen atoms in total. The molecule has 0 aromatic heterocycles. The summed E-state index contributed by atoms with van der Waals surface area (Å²) in [5.41, 5.74) is 1.01. The Morgan fingerprint density at radius 1 is 1.39 bits per heavy atom. The van der Waals surface area contributed by atoms with E-state index in [1.165, 1.54) is 0 Å². The number of aryl methyl sites for hydroxylation is 1. The summed E-state index contributed by atoms with van der Waals surface area (Å²) >= 11 is 5.62. The van der Waals surface area contributed by atoms with E-state index < -0.39 is 16.1 Å². The fraction of sp³-hybridized carbons (Fsp3) is 0.385.